The fourth-order valence-corrected chi connectivity index (χ4v) is 0.628. The van der Waals surface area contributed by atoms with Crippen LogP contribution in [0.3, 0.4) is 0 Å². The van der Waals surface area contributed by atoms with Crippen molar-refractivity contribution in [2.75, 3.05) is 0 Å². The number of aryl methyl sites for hydroxylation is 2. The Hall–Kier alpha value is -0.216. The van der Waals surface area contributed by atoms with E-state index in [1.165, 1.54) is 11.6 Å². The van der Waals surface area contributed by atoms with Crippen LogP contribution in [0.4, 0.5) is 0 Å². The second-order valence-corrected chi connectivity index (χ2v) is 2.06. The van der Waals surface area contributed by atoms with E-state index in [0.717, 1.165) is 0 Å². The summed E-state index contributed by atoms with van der Waals surface area (Å²) in [6, 6.07) is 0. The van der Waals surface area contributed by atoms with Crippen LogP contribution >= 0.6 is 0 Å². The van der Waals surface area contributed by atoms with Crippen molar-refractivity contribution in [3.8, 4) is 0 Å². The van der Waals surface area contributed by atoms with Gasteiger partial charge in [0.2, 0.25) is 5.69 Å². The van der Waals surface area contributed by atoms with Gasteiger partial charge in [-0.1, -0.05) is 18.7 Å². The molecule has 0 aliphatic heterocycles. The van der Waals surface area contributed by atoms with Gasteiger partial charge in [0.15, 0.2) is 0 Å². The predicted octanol–water partition coefficient (Wildman–Crippen LogP) is -0.820. The molecule has 0 aliphatic rings. The molecule has 0 saturated heterocycles. The van der Waals surface area contributed by atoms with Crippen LogP contribution in [0.25, 0.3) is 0 Å². The molecule has 4 nitrogen and oxygen atoms in total. The van der Waals surface area contributed by atoms with Crippen LogP contribution in [0, 0.1) is 13.1 Å². The second-order valence-electron chi connectivity index (χ2n) is 2.06. The Bertz CT molecular complexity index is 321. The average molecular weight is 228 g/mol. The third-order valence-electron chi connectivity index (χ3n) is 1.20. The smallest absolute Gasteiger partial charge is 0.212 e. The fraction of sp³-hybridized carbons (Fsp3) is 0.333. The molecular formula is C6H7N2O2Y-. The van der Waals surface area contributed by atoms with E-state index in [2.05, 4.69) is 11.2 Å². The van der Waals surface area contributed by atoms with Crippen molar-refractivity contribution in [2.24, 2.45) is 7.05 Å². The summed E-state index contributed by atoms with van der Waals surface area (Å²) < 4.78 is 1.21. The standard InChI is InChI=1S/C6H7N2O2.Y/c1-4-3-8(2)6(10)7-5(4)9;/h1-2H3,(H,7,9,10);/q-1;. The molecule has 0 fully saturated rings. The summed E-state index contributed by atoms with van der Waals surface area (Å²) in [6.45, 7) is 1.60. The van der Waals surface area contributed by atoms with Crippen LogP contribution in [0.1, 0.15) is 5.56 Å². The molecule has 0 aliphatic carbocycles. The molecule has 0 atom stereocenters. The van der Waals surface area contributed by atoms with E-state index in [0.29, 0.717) is 5.56 Å². The first kappa shape index (κ1) is 10.8. The molecule has 0 saturated carbocycles. The number of rotatable bonds is 0. The molecule has 0 unspecified atom stereocenters. The molecular weight excluding hydrogens is 221 g/mol. The minimum atomic E-state index is -0.435. The molecule has 0 bridgehead atoms. The maximum absolute atomic E-state index is 10.7. The van der Waals surface area contributed by atoms with Crippen molar-refractivity contribution in [3.05, 3.63) is 32.6 Å². The summed E-state index contributed by atoms with van der Waals surface area (Å²) >= 11 is 0. The van der Waals surface area contributed by atoms with Crippen LogP contribution in [-0.4, -0.2) is 9.55 Å². The van der Waals surface area contributed by atoms with Crippen molar-refractivity contribution >= 4 is 0 Å². The molecule has 11 heavy (non-hydrogen) atoms. The first-order chi connectivity index (χ1) is 4.61. The zero-order valence-electron chi connectivity index (χ0n) is 6.34. The Morgan fingerprint density at radius 2 is 2.00 bits per heavy atom. The predicted molar refractivity (Wildman–Crippen MR) is 35.9 cm³/mol. The number of aromatic nitrogens is 2. The molecule has 1 rings (SSSR count). The van der Waals surface area contributed by atoms with Crippen LogP contribution in [0.5, 0.6) is 0 Å². The maximum Gasteiger partial charge on any atom is 0.212 e. The molecule has 1 aromatic rings. The molecule has 1 N–H and O–H groups in total. The molecule has 0 amide bonds. The number of nitrogens with one attached hydrogen (secondary N) is 1. The van der Waals surface area contributed by atoms with Gasteiger partial charge in [0.1, 0.15) is 5.56 Å². The van der Waals surface area contributed by atoms with Gasteiger partial charge in [-0.15, -0.1) is 0 Å². The quantitative estimate of drug-likeness (QED) is 0.590. The molecule has 1 heterocycles. The van der Waals surface area contributed by atoms with Crippen LogP contribution in [0.2, 0.25) is 0 Å². The minimum Gasteiger partial charge on any atom is -0.412 e. The third-order valence-corrected chi connectivity index (χ3v) is 1.20. The summed E-state index contributed by atoms with van der Waals surface area (Å²) in [5.74, 6) is 0. The maximum atomic E-state index is 10.7. The van der Waals surface area contributed by atoms with Crippen LogP contribution < -0.4 is 11.2 Å². The monoisotopic (exact) mass is 228 g/mol. The Morgan fingerprint density at radius 3 is 2.45 bits per heavy atom. The fourth-order valence-electron chi connectivity index (χ4n) is 0.628. The topological polar surface area (TPSA) is 54.9 Å². The Balaban J connectivity index is 0.000001000. The normalized spacial score (nSPS) is 8.91. The van der Waals surface area contributed by atoms with E-state index in [1.54, 1.807) is 6.92 Å². The summed E-state index contributed by atoms with van der Waals surface area (Å²) in [4.78, 5) is 23.5. The van der Waals surface area contributed by atoms with E-state index < -0.39 is 5.69 Å². The number of hydrogen-bond donors (Lipinski definition) is 1. The van der Waals surface area contributed by atoms with Crippen molar-refractivity contribution in [2.45, 2.75) is 6.92 Å². The third kappa shape index (κ3) is 2.38. The van der Waals surface area contributed by atoms with Gasteiger partial charge in [-0.2, -0.15) is 0 Å². The van der Waals surface area contributed by atoms with Gasteiger partial charge in [0.05, 0.1) is 0 Å². The van der Waals surface area contributed by atoms with Gasteiger partial charge in [-0.3, -0.25) is 0 Å². The van der Waals surface area contributed by atoms with Crippen molar-refractivity contribution in [1.29, 1.82) is 0 Å². The zero-order valence-corrected chi connectivity index (χ0v) is 9.18. The average Bonchev–Trinajstić information content (AvgIpc) is 1.84. The summed E-state index contributed by atoms with van der Waals surface area (Å²) in [7, 11) is 1.53. The first-order valence-electron chi connectivity index (χ1n) is 2.80. The molecule has 1 aromatic heterocycles. The van der Waals surface area contributed by atoms with E-state index >= 15 is 0 Å². The van der Waals surface area contributed by atoms with Crippen molar-refractivity contribution in [1.82, 2.24) is 9.55 Å². The minimum absolute atomic E-state index is 0. The van der Waals surface area contributed by atoms with E-state index in [1.807, 2.05) is 0 Å². The van der Waals surface area contributed by atoms with E-state index in [9.17, 15) is 9.59 Å². The molecule has 5 heteroatoms. The van der Waals surface area contributed by atoms with Gasteiger partial charge in [-0.25, -0.2) is 0 Å². The second kappa shape index (κ2) is 3.97. The molecule has 57 valence electrons. The van der Waals surface area contributed by atoms with Gasteiger partial charge < -0.3 is 19.1 Å². The molecule has 1 radical (unpaired) electrons. The van der Waals surface area contributed by atoms with Crippen LogP contribution in [-0.2, 0) is 39.8 Å². The Labute approximate surface area is 88.5 Å². The van der Waals surface area contributed by atoms with Gasteiger partial charge in [-0.05, 0) is 7.05 Å². The van der Waals surface area contributed by atoms with Gasteiger partial charge in [0, 0.05) is 32.7 Å². The molecule has 0 spiro atoms. The summed E-state index contributed by atoms with van der Waals surface area (Å²) in [5, 5.41) is 0. The number of hydrogen-bond acceptors (Lipinski definition) is 2. The number of H-pyrrole nitrogens is 1. The van der Waals surface area contributed by atoms with Crippen molar-refractivity contribution in [3.63, 3.8) is 0 Å². The summed E-state index contributed by atoms with van der Waals surface area (Å²) in [6.07, 6.45) is 2.57. The first-order valence-corrected chi connectivity index (χ1v) is 2.80. The zero-order chi connectivity index (χ0) is 7.72. The SMILES string of the molecule is Cc1[c-]n(C)c(=O)[nH]c1=O.[Y]. The van der Waals surface area contributed by atoms with E-state index in [4.69, 9.17) is 0 Å². The van der Waals surface area contributed by atoms with Crippen LogP contribution in [0.15, 0.2) is 9.59 Å². The van der Waals surface area contributed by atoms with E-state index in [-0.39, 0.29) is 38.3 Å². The molecule has 0 aromatic carbocycles. The Kier molecular flexibility index (Phi) is 3.90. The Morgan fingerprint density at radius 1 is 1.45 bits per heavy atom. The van der Waals surface area contributed by atoms with Crippen molar-refractivity contribution < 1.29 is 32.7 Å². The van der Waals surface area contributed by atoms with Gasteiger partial charge >= 0.3 is 0 Å². The number of aromatic amines is 1. The number of nitrogens with zero attached hydrogens (tertiary/aromatic N) is 1. The van der Waals surface area contributed by atoms with Gasteiger partial charge in [0.25, 0.3) is 0 Å². The summed E-state index contributed by atoms with van der Waals surface area (Å²) in [5.41, 5.74) is -0.388. The largest absolute Gasteiger partial charge is 0.412 e.